The van der Waals surface area contributed by atoms with Crippen LogP contribution >= 0.6 is 0 Å². The van der Waals surface area contributed by atoms with Crippen LogP contribution in [0, 0.1) is 0 Å². The minimum absolute atomic E-state index is 0.598. The molecule has 1 fully saturated rings. The van der Waals surface area contributed by atoms with Crippen LogP contribution in [0.3, 0.4) is 0 Å². The van der Waals surface area contributed by atoms with Crippen molar-refractivity contribution in [2.24, 2.45) is 5.84 Å². The molecule has 0 aliphatic heterocycles. The number of rotatable bonds is 3. The minimum atomic E-state index is 0.598. The van der Waals surface area contributed by atoms with E-state index in [2.05, 4.69) is 27.3 Å². The third-order valence-electron chi connectivity index (χ3n) is 2.93. The average Bonchev–Trinajstić information content (AvgIpc) is 3.05. The highest BCUT2D eigenvalue weighted by atomic mass is 15.3. The first-order valence-electron chi connectivity index (χ1n) is 5.33. The predicted molar refractivity (Wildman–Crippen MR) is 62.2 cm³/mol. The van der Waals surface area contributed by atoms with E-state index in [1.54, 1.807) is 6.20 Å². The van der Waals surface area contributed by atoms with E-state index in [4.69, 9.17) is 5.84 Å². The Morgan fingerprint density at radius 1 is 1.56 bits per heavy atom. The summed E-state index contributed by atoms with van der Waals surface area (Å²) < 4.78 is 1.93. The highest BCUT2D eigenvalue weighted by molar-refractivity contribution is 5.67. The van der Waals surface area contributed by atoms with Gasteiger partial charge in [0.15, 0.2) is 17.3 Å². The Morgan fingerprint density at radius 2 is 2.38 bits per heavy atom. The Morgan fingerprint density at radius 3 is 3.06 bits per heavy atom. The lowest BCUT2D eigenvalue weighted by Gasteiger charge is -2.18. The molecule has 0 radical (unpaired) electrons. The molecule has 2 heterocycles. The highest BCUT2D eigenvalue weighted by Gasteiger charge is 2.28. The van der Waals surface area contributed by atoms with Gasteiger partial charge in [-0.25, -0.2) is 15.8 Å². The molecule has 6 heteroatoms. The monoisotopic (exact) mass is 218 g/mol. The molecule has 6 nitrogen and oxygen atoms in total. The zero-order valence-electron chi connectivity index (χ0n) is 9.09. The molecule has 3 rings (SSSR count). The fourth-order valence-corrected chi connectivity index (χ4v) is 1.86. The molecule has 0 atom stereocenters. The molecule has 1 aliphatic rings. The van der Waals surface area contributed by atoms with E-state index in [0.29, 0.717) is 11.9 Å². The molecule has 2 aromatic heterocycles. The van der Waals surface area contributed by atoms with E-state index in [0.717, 1.165) is 11.5 Å². The van der Waals surface area contributed by atoms with Crippen molar-refractivity contribution in [3.63, 3.8) is 0 Å². The minimum Gasteiger partial charge on any atom is -0.354 e. The van der Waals surface area contributed by atoms with Crippen molar-refractivity contribution in [2.75, 3.05) is 17.4 Å². The van der Waals surface area contributed by atoms with Gasteiger partial charge in [-0.2, -0.15) is 0 Å². The Kier molecular flexibility index (Phi) is 1.97. The van der Waals surface area contributed by atoms with E-state index in [9.17, 15) is 0 Å². The average molecular weight is 218 g/mol. The van der Waals surface area contributed by atoms with E-state index < -0.39 is 0 Å². The lowest BCUT2D eigenvalue weighted by Crippen LogP contribution is -2.22. The summed E-state index contributed by atoms with van der Waals surface area (Å²) in [4.78, 5) is 10.9. The number of imidazole rings is 1. The number of hydrazine groups is 1. The van der Waals surface area contributed by atoms with Crippen LogP contribution in [0.5, 0.6) is 0 Å². The number of fused-ring (bicyclic) bond motifs is 1. The van der Waals surface area contributed by atoms with Gasteiger partial charge >= 0.3 is 0 Å². The Labute approximate surface area is 93.1 Å². The molecular formula is C10H14N6. The van der Waals surface area contributed by atoms with E-state index in [1.165, 1.54) is 12.8 Å². The first-order valence-corrected chi connectivity index (χ1v) is 5.33. The van der Waals surface area contributed by atoms with Gasteiger partial charge in [-0.3, -0.25) is 0 Å². The second kappa shape index (κ2) is 3.34. The second-order valence-corrected chi connectivity index (χ2v) is 4.09. The number of hydrogen-bond acceptors (Lipinski definition) is 5. The quantitative estimate of drug-likeness (QED) is 0.583. The summed E-state index contributed by atoms with van der Waals surface area (Å²) in [5.41, 5.74) is 3.45. The van der Waals surface area contributed by atoms with Crippen molar-refractivity contribution >= 4 is 17.3 Å². The van der Waals surface area contributed by atoms with Crippen LogP contribution in [0.2, 0.25) is 0 Å². The topological polar surface area (TPSA) is 71.5 Å². The van der Waals surface area contributed by atoms with Crippen LogP contribution < -0.4 is 16.2 Å². The molecule has 84 valence electrons. The van der Waals surface area contributed by atoms with Crippen LogP contribution in [0.25, 0.3) is 5.65 Å². The summed E-state index contributed by atoms with van der Waals surface area (Å²) >= 11 is 0. The van der Waals surface area contributed by atoms with Gasteiger partial charge in [-0.1, -0.05) is 0 Å². The molecule has 16 heavy (non-hydrogen) atoms. The predicted octanol–water partition coefficient (Wildman–Crippen LogP) is 0.613. The zero-order chi connectivity index (χ0) is 11.1. The molecule has 2 aromatic rings. The molecule has 0 amide bonds. The van der Waals surface area contributed by atoms with Crippen molar-refractivity contribution in [1.82, 2.24) is 14.4 Å². The van der Waals surface area contributed by atoms with E-state index in [-0.39, 0.29) is 0 Å². The van der Waals surface area contributed by atoms with Crippen LogP contribution in [-0.2, 0) is 0 Å². The fourth-order valence-electron chi connectivity index (χ4n) is 1.86. The Balaban J connectivity index is 2.15. The number of nitrogens with two attached hydrogens (primary N) is 1. The van der Waals surface area contributed by atoms with Crippen LogP contribution in [0.15, 0.2) is 18.6 Å². The van der Waals surface area contributed by atoms with Gasteiger partial charge in [0.05, 0.1) is 6.20 Å². The molecule has 0 spiro atoms. The maximum atomic E-state index is 5.41. The van der Waals surface area contributed by atoms with Crippen LogP contribution in [0.4, 0.5) is 11.6 Å². The Bertz CT molecular complexity index is 515. The molecule has 0 aromatic carbocycles. The largest absolute Gasteiger partial charge is 0.354 e. The lowest BCUT2D eigenvalue weighted by molar-refractivity contribution is 0.886. The van der Waals surface area contributed by atoms with Gasteiger partial charge in [0.2, 0.25) is 0 Å². The number of hydrogen-bond donors (Lipinski definition) is 2. The second-order valence-electron chi connectivity index (χ2n) is 4.09. The molecular weight excluding hydrogens is 204 g/mol. The fraction of sp³-hybridized carbons (Fsp3) is 0.400. The molecule has 3 N–H and O–H groups in total. The van der Waals surface area contributed by atoms with Crippen molar-refractivity contribution in [1.29, 1.82) is 0 Å². The van der Waals surface area contributed by atoms with Gasteiger partial charge in [-0.05, 0) is 12.8 Å². The maximum absolute atomic E-state index is 5.41. The van der Waals surface area contributed by atoms with Gasteiger partial charge in [0.1, 0.15) is 0 Å². The van der Waals surface area contributed by atoms with Crippen LogP contribution in [0.1, 0.15) is 12.8 Å². The number of nitrogens with zero attached hydrogens (tertiary/aromatic N) is 4. The summed E-state index contributed by atoms with van der Waals surface area (Å²) in [6.07, 6.45) is 7.94. The highest BCUT2D eigenvalue weighted by Crippen LogP contribution is 2.31. The molecule has 0 saturated heterocycles. The summed E-state index contributed by atoms with van der Waals surface area (Å²) in [5.74, 6) is 6.93. The maximum Gasteiger partial charge on any atom is 0.180 e. The first kappa shape index (κ1) is 9.41. The van der Waals surface area contributed by atoms with Crippen molar-refractivity contribution in [3.05, 3.63) is 18.6 Å². The molecule has 1 aliphatic carbocycles. The van der Waals surface area contributed by atoms with E-state index >= 15 is 0 Å². The third kappa shape index (κ3) is 1.38. The van der Waals surface area contributed by atoms with Crippen molar-refractivity contribution in [2.45, 2.75) is 18.9 Å². The van der Waals surface area contributed by atoms with Gasteiger partial charge < -0.3 is 14.7 Å². The van der Waals surface area contributed by atoms with Gasteiger partial charge in [0.25, 0.3) is 0 Å². The summed E-state index contributed by atoms with van der Waals surface area (Å²) in [5, 5.41) is 0. The van der Waals surface area contributed by atoms with E-state index in [1.807, 2.05) is 16.8 Å². The van der Waals surface area contributed by atoms with Crippen molar-refractivity contribution in [3.8, 4) is 0 Å². The van der Waals surface area contributed by atoms with Crippen LogP contribution in [-0.4, -0.2) is 27.5 Å². The normalized spacial score (nSPS) is 15.4. The molecule has 1 saturated carbocycles. The zero-order valence-corrected chi connectivity index (χ0v) is 9.09. The van der Waals surface area contributed by atoms with Gasteiger partial charge in [-0.15, -0.1) is 0 Å². The molecule has 0 bridgehead atoms. The number of aromatic nitrogens is 3. The SMILES string of the molecule is CN(c1nc(NN)cn2ccnc12)C1CC1. The first-order chi connectivity index (χ1) is 7.79. The van der Waals surface area contributed by atoms with Gasteiger partial charge in [0, 0.05) is 25.5 Å². The third-order valence-corrected chi connectivity index (χ3v) is 2.93. The number of nitrogens with one attached hydrogen (secondary N) is 1. The Hall–Kier alpha value is -1.82. The summed E-state index contributed by atoms with van der Waals surface area (Å²) in [6, 6.07) is 0.598. The number of nitrogen functional groups attached to an aromatic ring is 1. The smallest absolute Gasteiger partial charge is 0.180 e. The lowest BCUT2D eigenvalue weighted by atomic mass is 10.5. The standard InChI is InChI=1S/C10H14N6/c1-15(7-2-3-7)10-9-12-4-5-16(9)6-8(13-10)14-11/h4-7,14H,2-3,11H2,1H3. The van der Waals surface area contributed by atoms with Crippen molar-refractivity contribution < 1.29 is 0 Å². The number of anilines is 2. The molecule has 0 unspecified atom stereocenters. The summed E-state index contributed by atoms with van der Waals surface area (Å²) in [7, 11) is 2.05. The summed E-state index contributed by atoms with van der Waals surface area (Å²) in [6.45, 7) is 0.